The van der Waals surface area contributed by atoms with Crippen molar-refractivity contribution in [2.75, 3.05) is 0 Å². The number of ether oxygens (including phenoxy) is 1. The van der Waals surface area contributed by atoms with Gasteiger partial charge in [-0.15, -0.1) is 0 Å². The number of halogens is 2. The van der Waals surface area contributed by atoms with E-state index in [2.05, 4.69) is 15.9 Å². The fourth-order valence-corrected chi connectivity index (χ4v) is 1.15. The highest BCUT2D eigenvalue weighted by Crippen LogP contribution is 2.26. The molecule has 0 heterocycles. The molecule has 0 aliphatic rings. The summed E-state index contributed by atoms with van der Waals surface area (Å²) in [5, 5.41) is 9.08. The molecule has 0 radical (unpaired) electrons. The summed E-state index contributed by atoms with van der Waals surface area (Å²) in [6.45, 7) is 1.50. The topological polar surface area (TPSA) is 55.5 Å². The number of benzene rings is 1. The van der Waals surface area contributed by atoms with Gasteiger partial charge in [0, 0.05) is 6.07 Å². The molecule has 14 heavy (non-hydrogen) atoms. The van der Waals surface area contributed by atoms with Gasteiger partial charge in [-0.1, -0.05) is 0 Å². The van der Waals surface area contributed by atoms with Gasteiger partial charge in [-0.05, 0) is 35.0 Å². The van der Waals surface area contributed by atoms with Crippen molar-refractivity contribution >= 4 is 15.9 Å². The van der Waals surface area contributed by atoms with Crippen LogP contribution in [0.4, 0.5) is 4.39 Å². The highest BCUT2D eigenvalue weighted by Gasteiger charge is 2.13. The zero-order chi connectivity index (χ0) is 10.7. The Morgan fingerprint density at radius 2 is 2.21 bits per heavy atom. The molecule has 0 amide bonds. The second-order valence-electron chi connectivity index (χ2n) is 2.90. The molecule has 0 aliphatic carbocycles. The van der Waals surface area contributed by atoms with E-state index >= 15 is 0 Å². The van der Waals surface area contributed by atoms with E-state index in [1.807, 2.05) is 0 Å². The lowest BCUT2D eigenvalue weighted by Crippen LogP contribution is -2.37. The van der Waals surface area contributed by atoms with Gasteiger partial charge >= 0.3 is 0 Å². The smallest absolute Gasteiger partial charge is 0.173 e. The molecule has 2 unspecified atom stereocenters. The third-order valence-corrected chi connectivity index (χ3v) is 2.29. The Bertz CT molecular complexity index is 320. The molecular weight excluding hydrogens is 253 g/mol. The van der Waals surface area contributed by atoms with Crippen molar-refractivity contribution in [2.24, 2.45) is 5.73 Å². The molecule has 0 aromatic heterocycles. The van der Waals surface area contributed by atoms with E-state index in [0.29, 0.717) is 4.47 Å². The van der Waals surface area contributed by atoms with Crippen LogP contribution in [0.25, 0.3) is 0 Å². The van der Waals surface area contributed by atoms with Gasteiger partial charge in [-0.25, -0.2) is 4.39 Å². The summed E-state index contributed by atoms with van der Waals surface area (Å²) in [5.74, 6) is -0.139. The first-order chi connectivity index (χ1) is 6.50. The zero-order valence-corrected chi connectivity index (χ0v) is 9.16. The standard InChI is InChI=1S/C9H11BrFNO2/c1-5(13)9(12)14-8-4-6(11)2-3-7(8)10/h2-5,9,13H,12H2,1H3. The van der Waals surface area contributed by atoms with Gasteiger partial charge in [0.2, 0.25) is 0 Å². The Kier molecular flexibility index (Phi) is 3.86. The lowest BCUT2D eigenvalue weighted by Gasteiger charge is -2.17. The molecule has 1 aromatic rings. The quantitative estimate of drug-likeness (QED) is 0.816. The molecule has 0 fully saturated rings. The van der Waals surface area contributed by atoms with Crippen molar-refractivity contribution in [1.29, 1.82) is 0 Å². The third-order valence-electron chi connectivity index (χ3n) is 1.63. The number of hydrogen-bond acceptors (Lipinski definition) is 3. The van der Waals surface area contributed by atoms with Crippen molar-refractivity contribution in [3.8, 4) is 5.75 Å². The van der Waals surface area contributed by atoms with Crippen molar-refractivity contribution in [3.05, 3.63) is 28.5 Å². The van der Waals surface area contributed by atoms with E-state index in [1.165, 1.54) is 25.1 Å². The maximum atomic E-state index is 12.8. The van der Waals surface area contributed by atoms with E-state index in [4.69, 9.17) is 15.6 Å². The normalized spacial score (nSPS) is 14.9. The van der Waals surface area contributed by atoms with Crippen molar-refractivity contribution in [2.45, 2.75) is 19.3 Å². The number of aliphatic hydroxyl groups is 1. The lowest BCUT2D eigenvalue weighted by atomic mass is 10.3. The van der Waals surface area contributed by atoms with Crippen molar-refractivity contribution < 1.29 is 14.2 Å². The molecule has 0 saturated carbocycles. The fourth-order valence-electron chi connectivity index (χ4n) is 0.813. The van der Waals surface area contributed by atoms with E-state index < -0.39 is 18.1 Å². The Morgan fingerprint density at radius 3 is 2.79 bits per heavy atom. The summed E-state index contributed by atoms with van der Waals surface area (Å²) in [4.78, 5) is 0. The van der Waals surface area contributed by atoms with Crippen LogP contribution < -0.4 is 10.5 Å². The largest absolute Gasteiger partial charge is 0.472 e. The molecule has 0 aliphatic heterocycles. The molecule has 3 nitrogen and oxygen atoms in total. The van der Waals surface area contributed by atoms with Crippen LogP contribution in [0.3, 0.4) is 0 Å². The van der Waals surface area contributed by atoms with Crippen molar-refractivity contribution in [3.63, 3.8) is 0 Å². The SMILES string of the molecule is CC(O)C(N)Oc1cc(F)ccc1Br. The predicted octanol–water partition coefficient (Wildman–Crippen LogP) is 1.63. The minimum Gasteiger partial charge on any atom is -0.472 e. The van der Waals surface area contributed by atoms with Gasteiger partial charge in [0.05, 0.1) is 4.47 Å². The van der Waals surface area contributed by atoms with Gasteiger partial charge in [-0.3, -0.25) is 5.73 Å². The van der Waals surface area contributed by atoms with Gasteiger partial charge in [0.1, 0.15) is 17.7 Å². The van der Waals surface area contributed by atoms with E-state index in [9.17, 15) is 4.39 Å². The third kappa shape index (κ3) is 2.94. The summed E-state index contributed by atoms with van der Waals surface area (Å²) in [6, 6.07) is 4.01. The maximum Gasteiger partial charge on any atom is 0.173 e. The van der Waals surface area contributed by atoms with E-state index in [-0.39, 0.29) is 5.75 Å². The highest BCUT2D eigenvalue weighted by molar-refractivity contribution is 9.10. The van der Waals surface area contributed by atoms with Gasteiger partial charge in [0.25, 0.3) is 0 Å². The molecule has 3 N–H and O–H groups in total. The zero-order valence-electron chi connectivity index (χ0n) is 7.58. The Morgan fingerprint density at radius 1 is 1.57 bits per heavy atom. The number of hydrogen-bond donors (Lipinski definition) is 2. The molecular formula is C9H11BrFNO2. The summed E-state index contributed by atoms with van der Waals surface area (Å²) >= 11 is 3.18. The molecule has 1 aromatic carbocycles. The van der Waals surface area contributed by atoms with Crippen LogP contribution in [0.15, 0.2) is 22.7 Å². The second kappa shape index (κ2) is 4.72. The summed E-state index contributed by atoms with van der Waals surface area (Å²) in [6.07, 6.45) is -1.68. The molecule has 1 rings (SSSR count). The van der Waals surface area contributed by atoms with Gasteiger partial charge in [-0.2, -0.15) is 0 Å². The highest BCUT2D eigenvalue weighted by atomic mass is 79.9. The summed E-state index contributed by atoms with van der Waals surface area (Å²) in [5.41, 5.74) is 5.45. The molecule has 0 saturated heterocycles. The Labute approximate surface area is 89.8 Å². The first kappa shape index (κ1) is 11.4. The molecule has 78 valence electrons. The first-order valence-electron chi connectivity index (χ1n) is 4.06. The van der Waals surface area contributed by atoms with Crippen LogP contribution in [0.5, 0.6) is 5.75 Å². The minimum absolute atomic E-state index is 0.276. The minimum atomic E-state index is -0.868. The summed E-state index contributed by atoms with van der Waals surface area (Å²) in [7, 11) is 0. The van der Waals surface area contributed by atoms with Crippen LogP contribution in [-0.4, -0.2) is 17.4 Å². The Hall–Kier alpha value is -0.650. The molecule has 0 bridgehead atoms. The predicted molar refractivity (Wildman–Crippen MR) is 54.4 cm³/mol. The molecule has 2 atom stereocenters. The number of nitrogens with two attached hydrogens (primary N) is 1. The average Bonchev–Trinajstić information content (AvgIpc) is 2.11. The van der Waals surface area contributed by atoms with Crippen molar-refractivity contribution in [1.82, 2.24) is 0 Å². The molecule has 5 heteroatoms. The fraction of sp³-hybridized carbons (Fsp3) is 0.333. The number of rotatable bonds is 3. The van der Waals surface area contributed by atoms with Crippen LogP contribution in [0, 0.1) is 5.82 Å². The Balaban J connectivity index is 2.80. The van der Waals surface area contributed by atoms with E-state index in [0.717, 1.165) is 0 Å². The monoisotopic (exact) mass is 263 g/mol. The maximum absolute atomic E-state index is 12.8. The van der Waals surface area contributed by atoms with E-state index in [1.54, 1.807) is 0 Å². The van der Waals surface area contributed by atoms with Crippen LogP contribution >= 0.6 is 15.9 Å². The van der Waals surface area contributed by atoms with Gasteiger partial charge in [0.15, 0.2) is 6.23 Å². The molecule has 0 spiro atoms. The summed E-state index contributed by atoms with van der Waals surface area (Å²) < 4.78 is 18.5. The van der Waals surface area contributed by atoms with Crippen LogP contribution in [-0.2, 0) is 0 Å². The lowest BCUT2D eigenvalue weighted by molar-refractivity contribution is 0.0521. The van der Waals surface area contributed by atoms with Crippen LogP contribution in [0.1, 0.15) is 6.92 Å². The second-order valence-corrected chi connectivity index (χ2v) is 3.75. The average molecular weight is 264 g/mol. The number of aliphatic hydroxyl groups excluding tert-OH is 1. The van der Waals surface area contributed by atoms with Gasteiger partial charge < -0.3 is 9.84 Å². The van der Waals surface area contributed by atoms with Crippen LogP contribution in [0.2, 0.25) is 0 Å². The first-order valence-corrected chi connectivity index (χ1v) is 4.85.